The zero-order valence-electron chi connectivity index (χ0n) is 12.6. The molecule has 3 aliphatic heterocycles. The third-order valence-corrected chi connectivity index (χ3v) is 4.58. The lowest BCUT2D eigenvalue weighted by molar-refractivity contribution is 0.360. The van der Waals surface area contributed by atoms with E-state index in [9.17, 15) is 0 Å². The maximum Gasteiger partial charge on any atom is 0.147 e. The molecule has 2 aromatic rings. The summed E-state index contributed by atoms with van der Waals surface area (Å²) >= 11 is 0. The molecular weight excluding hydrogens is 274 g/mol. The number of benzene rings is 1. The second-order valence-corrected chi connectivity index (χ2v) is 6.25. The van der Waals surface area contributed by atoms with E-state index in [0.29, 0.717) is 6.04 Å². The first-order valence-corrected chi connectivity index (χ1v) is 8.03. The quantitative estimate of drug-likeness (QED) is 0.944. The highest BCUT2D eigenvalue weighted by atomic mass is 16.5. The van der Waals surface area contributed by atoms with Gasteiger partial charge in [-0.2, -0.15) is 0 Å². The molecule has 0 radical (unpaired) electrons. The van der Waals surface area contributed by atoms with Gasteiger partial charge in [-0.25, -0.2) is 0 Å². The topological polar surface area (TPSA) is 37.4 Å². The van der Waals surface area contributed by atoms with Gasteiger partial charge >= 0.3 is 0 Å². The average molecular weight is 295 g/mol. The van der Waals surface area contributed by atoms with Crippen molar-refractivity contribution in [2.24, 2.45) is 5.92 Å². The number of ether oxygens (including phenoxy) is 1. The summed E-state index contributed by atoms with van der Waals surface area (Å²) < 4.78 is 5.91. The van der Waals surface area contributed by atoms with Crippen molar-refractivity contribution in [2.45, 2.75) is 18.9 Å². The Hall–Kier alpha value is -2.07. The van der Waals surface area contributed by atoms with Gasteiger partial charge in [-0.15, -0.1) is 0 Å². The van der Waals surface area contributed by atoms with E-state index in [4.69, 9.17) is 4.74 Å². The fraction of sp³-hybridized carbons (Fsp3) is 0.389. The van der Waals surface area contributed by atoms with Gasteiger partial charge in [-0.3, -0.25) is 4.98 Å². The lowest BCUT2D eigenvalue weighted by Crippen LogP contribution is -2.39. The number of anilines is 1. The SMILES string of the molecule is c1ccc(Oc2cncc(N3CC4CCC(C3)NC4)c2)cc1. The van der Waals surface area contributed by atoms with E-state index in [2.05, 4.69) is 21.3 Å². The van der Waals surface area contributed by atoms with Crippen molar-refractivity contribution in [2.75, 3.05) is 24.5 Å². The number of fused-ring (bicyclic) bond motifs is 4. The Kier molecular flexibility index (Phi) is 3.69. The van der Waals surface area contributed by atoms with Crippen molar-refractivity contribution in [1.82, 2.24) is 10.3 Å². The van der Waals surface area contributed by atoms with Gasteiger partial charge in [0.2, 0.25) is 0 Å². The van der Waals surface area contributed by atoms with Crippen LogP contribution in [0.15, 0.2) is 48.8 Å². The van der Waals surface area contributed by atoms with Crippen LogP contribution in [0, 0.1) is 5.92 Å². The van der Waals surface area contributed by atoms with Crippen molar-refractivity contribution in [3.05, 3.63) is 48.8 Å². The summed E-state index contributed by atoms with van der Waals surface area (Å²) in [5.74, 6) is 2.39. The van der Waals surface area contributed by atoms with Crippen LogP contribution in [0.3, 0.4) is 0 Å². The Morgan fingerprint density at radius 2 is 1.95 bits per heavy atom. The molecule has 1 aromatic carbocycles. The monoisotopic (exact) mass is 295 g/mol. The number of para-hydroxylation sites is 1. The normalized spacial score (nSPS) is 24.1. The van der Waals surface area contributed by atoms with Gasteiger partial charge in [0.05, 0.1) is 18.1 Å². The molecule has 3 fully saturated rings. The van der Waals surface area contributed by atoms with Crippen molar-refractivity contribution in [3.63, 3.8) is 0 Å². The maximum atomic E-state index is 5.91. The Balaban J connectivity index is 1.54. The molecule has 4 nitrogen and oxygen atoms in total. The van der Waals surface area contributed by atoms with E-state index in [0.717, 1.165) is 42.7 Å². The summed E-state index contributed by atoms with van der Waals surface area (Å²) in [6.45, 7) is 3.32. The highest BCUT2D eigenvalue weighted by Gasteiger charge is 2.29. The lowest BCUT2D eigenvalue weighted by atomic mass is 9.97. The van der Waals surface area contributed by atoms with Crippen LogP contribution in [0.5, 0.6) is 11.5 Å². The first-order chi connectivity index (χ1) is 10.9. The molecule has 1 aromatic heterocycles. The highest BCUT2D eigenvalue weighted by Crippen LogP contribution is 2.29. The summed E-state index contributed by atoms with van der Waals surface area (Å²) in [5, 5.41) is 3.64. The van der Waals surface area contributed by atoms with Crippen LogP contribution in [-0.2, 0) is 0 Å². The predicted molar refractivity (Wildman–Crippen MR) is 87.5 cm³/mol. The van der Waals surface area contributed by atoms with Crippen molar-refractivity contribution < 1.29 is 4.74 Å². The summed E-state index contributed by atoms with van der Waals surface area (Å²) in [5.41, 5.74) is 1.16. The molecule has 5 rings (SSSR count). The predicted octanol–water partition coefficient (Wildman–Crippen LogP) is 3.06. The van der Waals surface area contributed by atoms with Crippen LogP contribution in [-0.4, -0.2) is 30.7 Å². The summed E-state index contributed by atoms with van der Waals surface area (Å²) in [4.78, 5) is 6.82. The molecule has 4 heteroatoms. The summed E-state index contributed by atoms with van der Waals surface area (Å²) in [7, 11) is 0. The molecule has 0 amide bonds. The largest absolute Gasteiger partial charge is 0.456 e. The minimum Gasteiger partial charge on any atom is -0.456 e. The third kappa shape index (κ3) is 2.92. The molecule has 0 spiro atoms. The zero-order chi connectivity index (χ0) is 14.8. The molecule has 4 heterocycles. The van der Waals surface area contributed by atoms with Crippen LogP contribution < -0.4 is 15.0 Å². The van der Waals surface area contributed by atoms with E-state index in [1.165, 1.54) is 12.8 Å². The van der Waals surface area contributed by atoms with Crippen LogP contribution >= 0.6 is 0 Å². The number of hydrogen-bond acceptors (Lipinski definition) is 4. The highest BCUT2D eigenvalue weighted by molar-refractivity contribution is 5.49. The maximum absolute atomic E-state index is 5.91. The van der Waals surface area contributed by atoms with E-state index in [1.807, 2.05) is 36.5 Å². The zero-order valence-corrected chi connectivity index (χ0v) is 12.6. The molecule has 22 heavy (non-hydrogen) atoms. The standard InChI is InChI=1S/C18H21N3O/c1-2-4-17(5-3-1)22-18-8-16(10-19-11-18)21-12-14-6-7-15(13-21)20-9-14/h1-5,8,10-11,14-15,20H,6-7,9,12-13H2. The van der Waals surface area contributed by atoms with E-state index in [1.54, 1.807) is 6.20 Å². The second-order valence-electron chi connectivity index (χ2n) is 6.25. The summed E-state index contributed by atoms with van der Waals surface area (Å²) in [6, 6.07) is 12.6. The molecule has 3 saturated heterocycles. The Labute approximate surface area is 131 Å². The van der Waals surface area contributed by atoms with Gasteiger partial charge in [0.1, 0.15) is 11.5 Å². The molecule has 3 aliphatic rings. The Bertz CT molecular complexity index is 609. The minimum atomic E-state index is 0.609. The van der Waals surface area contributed by atoms with Gasteiger partial charge in [-0.1, -0.05) is 18.2 Å². The van der Waals surface area contributed by atoms with Crippen molar-refractivity contribution >= 4 is 5.69 Å². The number of nitrogens with zero attached hydrogens (tertiary/aromatic N) is 2. The molecule has 1 N–H and O–H groups in total. The van der Waals surface area contributed by atoms with Gasteiger partial charge in [0.15, 0.2) is 0 Å². The smallest absolute Gasteiger partial charge is 0.147 e. The van der Waals surface area contributed by atoms with E-state index in [-0.39, 0.29) is 0 Å². The van der Waals surface area contributed by atoms with Crippen molar-refractivity contribution in [3.8, 4) is 11.5 Å². The molecule has 0 saturated carbocycles. The first kappa shape index (κ1) is 13.6. The molecule has 2 bridgehead atoms. The number of aromatic nitrogens is 1. The second kappa shape index (κ2) is 5.97. The number of nitrogens with one attached hydrogen (secondary N) is 1. The Morgan fingerprint density at radius 1 is 1.05 bits per heavy atom. The van der Waals surface area contributed by atoms with Crippen LogP contribution in [0.2, 0.25) is 0 Å². The summed E-state index contributed by atoms with van der Waals surface area (Å²) in [6.07, 6.45) is 6.35. The molecule has 2 unspecified atom stereocenters. The number of rotatable bonds is 3. The number of piperidine rings is 1. The van der Waals surface area contributed by atoms with E-state index < -0.39 is 0 Å². The molecule has 2 atom stereocenters. The third-order valence-electron chi connectivity index (χ3n) is 4.58. The van der Waals surface area contributed by atoms with Gasteiger partial charge in [0, 0.05) is 25.2 Å². The van der Waals surface area contributed by atoms with Gasteiger partial charge < -0.3 is 15.0 Å². The molecule has 114 valence electrons. The minimum absolute atomic E-state index is 0.609. The van der Waals surface area contributed by atoms with Crippen molar-refractivity contribution in [1.29, 1.82) is 0 Å². The molecule has 0 aliphatic carbocycles. The van der Waals surface area contributed by atoms with Gasteiger partial charge in [0.25, 0.3) is 0 Å². The van der Waals surface area contributed by atoms with Crippen LogP contribution in [0.1, 0.15) is 12.8 Å². The Morgan fingerprint density at radius 3 is 2.77 bits per heavy atom. The number of pyridine rings is 1. The fourth-order valence-electron chi connectivity index (χ4n) is 3.41. The van der Waals surface area contributed by atoms with E-state index >= 15 is 0 Å². The number of hydrogen-bond donors (Lipinski definition) is 1. The molecular formula is C18H21N3O. The fourth-order valence-corrected chi connectivity index (χ4v) is 3.41. The lowest BCUT2D eigenvalue weighted by Gasteiger charge is -2.24. The van der Waals surface area contributed by atoms with Gasteiger partial charge in [-0.05, 0) is 37.4 Å². The van der Waals surface area contributed by atoms with Crippen LogP contribution in [0.4, 0.5) is 5.69 Å². The van der Waals surface area contributed by atoms with Crippen LogP contribution in [0.25, 0.3) is 0 Å². The first-order valence-electron chi connectivity index (χ1n) is 8.03. The average Bonchev–Trinajstić information content (AvgIpc) is 2.90.